The van der Waals surface area contributed by atoms with E-state index in [-0.39, 0.29) is 24.7 Å². The number of anilines is 1. The van der Waals surface area contributed by atoms with E-state index in [0.29, 0.717) is 26.7 Å². The van der Waals surface area contributed by atoms with Gasteiger partial charge in [-0.15, -0.1) is 4.80 Å². The molecule has 10 heteroatoms. The van der Waals surface area contributed by atoms with Crippen LogP contribution in [0.5, 0.6) is 0 Å². The van der Waals surface area contributed by atoms with Crippen molar-refractivity contribution in [3.63, 3.8) is 0 Å². The minimum Gasteiger partial charge on any atom is -0.383 e. The van der Waals surface area contributed by atoms with E-state index in [2.05, 4.69) is 36.1 Å². The molecular weight excluding hydrogens is 448 g/mol. The van der Waals surface area contributed by atoms with Crippen LogP contribution in [-0.2, 0) is 22.4 Å². The van der Waals surface area contributed by atoms with Crippen LogP contribution in [0.3, 0.4) is 0 Å². The van der Waals surface area contributed by atoms with Crippen LogP contribution in [-0.4, -0.2) is 37.9 Å². The Kier molecular flexibility index (Phi) is 6.38. The average Bonchev–Trinajstić information content (AvgIpc) is 3.19. The Hall–Kier alpha value is -2.36. The monoisotopic (exact) mass is 464 g/mol. The topological polar surface area (TPSA) is 109 Å². The first-order valence-electron chi connectivity index (χ1n) is 8.39. The fraction of sp³-hybridized carbons (Fsp3) is 0.278. The molecule has 3 rings (SSSR count). The molecule has 0 bridgehead atoms. The van der Waals surface area contributed by atoms with Crippen LogP contribution in [0.25, 0.3) is 5.82 Å². The normalized spacial score (nSPS) is 12.1. The Bertz CT molecular complexity index is 996. The van der Waals surface area contributed by atoms with Crippen LogP contribution in [0.2, 0.25) is 5.02 Å². The highest BCUT2D eigenvalue weighted by molar-refractivity contribution is 9.10. The van der Waals surface area contributed by atoms with Gasteiger partial charge in [-0.05, 0) is 40.0 Å². The van der Waals surface area contributed by atoms with Crippen molar-refractivity contribution in [2.45, 2.75) is 25.9 Å². The first-order chi connectivity index (χ1) is 13.4. The number of hydrogen-bond donors (Lipinski definition) is 1. The van der Waals surface area contributed by atoms with Crippen molar-refractivity contribution in [1.82, 2.24) is 25.0 Å². The number of rotatable bonds is 7. The van der Waals surface area contributed by atoms with Gasteiger partial charge in [0.15, 0.2) is 5.82 Å². The molecule has 146 valence electrons. The van der Waals surface area contributed by atoms with Gasteiger partial charge in [-0.1, -0.05) is 11.6 Å². The molecule has 0 amide bonds. The van der Waals surface area contributed by atoms with Crippen molar-refractivity contribution >= 4 is 39.1 Å². The highest BCUT2D eigenvalue weighted by Crippen LogP contribution is 2.32. The van der Waals surface area contributed by atoms with Crippen LogP contribution >= 0.6 is 27.5 Å². The van der Waals surface area contributed by atoms with Gasteiger partial charge in [0, 0.05) is 37.9 Å². The fourth-order valence-corrected chi connectivity index (χ4v) is 3.74. The number of aromatic nitrogens is 5. The quantitative estimate of drug-likeness (QED) is 0.571. The molecule has 0 radical (unpaired) electrons. The lowest BCUT2D eigenvalue weighted by Gasteiger charge is -2.17. The maximum atomic E-state index is 12.7. The fourth-order valence-electron chi connectivity index (χ4n) is 2.79. The van der Waals surface area contributed by atoms with Gasteiger partial charge < -0.3 is 10.5 Å². The molecule has 3 heterocycles. The maximum absolute atomic E-state index is 12.7. The first kappa shape index (κ1) is 20.4. The molecule has 3 aromatic heterocycles. The number of nitrogen functional groups attached to an aromatic ring is 1. The van der Waals surface area contributed by atoms with Gasteiger partial charge in [0.1, 0.15) is 11.6 Å². The number of halogens is 2. The first-order valence-corrected chi connectivity index (χ1v) is 9.56. The highest BCUT2D eigenvalue weighted by Gasteiger charge is 2.19. The van der Waals surface area contributed by atoms with Crippen molar-refractivity contribution in [3.05, 3.63) is 57.0 Å². The average molecular weight is 466 g/mol. The second-order valence-electron chi connectivity index (χ2n) is 6.13. The molecule has 1 atom stereocenters. The van der Waals surface area contributed by atoms with E-state index in [1.807, 2.05) is 6.92 Å². The van der Waals surface area contributed by atoms with Crippen molar-refractivity contribution in [1.29, 1.82) is 0 Å². The zero-order chi connectivity index (χ0) is 20.3. The van der Waals surface area contributed by atoms with Crippen LogP contribution in [0, 0.1) is 0 Å². The molecule has 0 unspecified atom stereocenters. The summed E-state index contributed by atoms with van der Waals surface area (Å²) in [6, 6.07) is 1.70. The predicted octanol–water partition coefficient (Wildman–Crippen LogP) is 3.12. The number of hydrogen-bond acceptors (Lipinski definition) is 7. The zero-order valence-corrected chi connectivity index (χ0v) is 17.6. The number of carbonyl (C=O) groups is 1. The predicted molar refractivity (Wildman–Crippen MR) is 108 cm³/mol. The number of Topliss-reactive ketones (excluding diaryl/α,β-unsaturated/α-hetero) is 1. The highest BCUT2D eigenvalue weighted by atomic mass is 79.9. The Morgan fingerprint density at radius 2 is 2.00 bits per heavy atom. The van der Waals surface area contributed by atoms with Crippen LogP contribution in [0.1, 0.15) is 29.7 Å². The number of nitrogens with zero attached hydrogens (tertiary/aromatic N) is 5. The number of carbonyl (C=O) groups excluding carboxylic acids is 1. The molecule has 0 aromatic carbocycles. The summed E-state index contributed by atoms with van der Waals surface area (Å²) in [7, 11) is 1.60. The summed E-state index contributed by atoms with van der Waals surface area (Å²) in [5, 5.41) is 8.37. The molecule has 28 heavy (non-hydrogen) atoms. The lowest BCUT2D eigenvalue weighted by atomic mass is 9.98. The summed E-state index contributed by atoms with van der Waals surface area (Å²) in [5.41, 5.74) is 8.16. The summed E-state index contributed by atoms with van der Waals surface area (Å²) in [5.74, 6) is 0.755. The molecule has 3 aromatic rings. The summed E-state index contributed by atoms with van der Waals surface area (Å²) in [4.78, 5) is 22.4. The smallest absolute Gasteiger partial charge is 0.193 e. The van der Waals surface area contributed by atoms with E-state index >= 15 is 0 Å². The van der Waals surface area contributed by atoms with E-state index < -0.39 is 0 Å². The lowest BCUT2D eigenvalue weighted by molar-refractivity contribution is -0.117. The maximum Gasteiger partial charge on any atom is 0.193 e. The number of pyridine rings is 2. The van der Waals surface area contributed by atoms with E-state index in [1.54, 1.807) is 25.6 Å². The van der Waals surface area contributed by atoms with E-state index in [9.17, 15) is 4.79 Å². The standard InChI is InChI=1S/C18H18BrClN6O2/c1-10(28-2)15-12(9-22-17(21)16(15)19)7-13(27)5-11-6-14(20)18(23-8-11)26-24-3-4-25-26/h3-4,6,8-10H,5,7H2,1-2H3,(H2,21,22)/t10-/m1/s1. The van der Waals surface area contributed by atoms with Gasteiger partial charge in [-0.2, -0.15) is 10.2 Å². The Morgan fingerprint density at radius 1 is 1.29 bits per heavy atom. The van der Waals surface area contributed by atoms with Crippen LogP contribution in [0.15, 0.2) is 35.3 Å². The number of ketones is 1. The molecule has 0 saturated heterocycles. The number of methoxy groups -OCH3 is 1. The molecule has 0 aliphatic rings. The minimum absolute atomic E-state index is 0.00847. The van der Waals surface area contributed by atoms with Crippen molar-refractivity contribution < 1.29 is 9.53 Å². The van der Waals surface area contributed by atoms with E-state index in [0.717, 1.165) is 11.1 Å². The second kappa shape index (κ2) is 8.76. The van der Waals surface area contributed by atoms with Crippen molar-refractivity contribution in [3.8, 4) is 5.82 Å². The minimum atomic E-state index is -0.237. The third-order valence-electron chi connectivity index (χ3n) is 4.20. The molecule has 0 fully saturated rings. The molecule has 0 aliphatic heterocycles. The molecule has 0 saturated carbocycles. The van der Waals surface area contributed by atoms with Gasteiger partial charge in [-0.3, -0.25) is 4.79 Å². The SMILES string of the molecule is CO[C@H](C)c1c(CC(=O)Cc2cnc(-n3nccn3)c(Cl)c2)cnc(N)c1Br. The van der Waals surface area contributed by atoms with Crippen molar-refractivity contribution in [2.75, 3.05) is 12.8 Å². The largest absolute Gasteiger partial charge is 0.383 e. The van der Waals surface area contributed by atoms with Crippen LogP contribution in [0.4, 0.5) is 5.82 Å². The van der Waals surface area contributed by atoms with Crippen molar-refractivity contribution in [2.24, 2.45) is 0 Å². The van der Waals surface area contributed by atoms with E-state index in [1.165, 1.54) is 17.2 Å². The number of nitrogens with two attached hydrogens (primary N) is 1. The molecule has 0 aliphatic carbocycles. The molecule has 0 spiro atoms. The summed E-state index contributed by atoms with van der Waals surface area (Å²) >= 11 is 9.71. The van der Waals surface area contributed by atoms with Gasteiger partial charge in [0.25, 0.3) is 0 Å². The zero-order valence-electron chi connectivity index (χ0n) is 15.3. The third-order valence-corrected chi connectivity index (χ3v) is 5.31. The Morgan fingerprint density at radius 3 is 2.64 bits per heavy atom. The van der Waals surface area contributed by atoms with Gasteiger partial charge in [-0.25, -0.2) is 9.97 Å². The summed E-state index contributed by atoms with van der Waals surface area (Å²) < 4.78 is 6.06. The molecule has 8 nitrogen and oxygen atoms in total. The molecule has 2 N–H and O–H groups in total. The van der Waals surface area contributed by atoms with Crippen LogP contribution < -0.4 is 5.73 Å². The molecular formula is C18H18BrClN6O2. The lowest BCUT2D eigenvalue weighted by Crippen LogP contribution is -2.13. The van der Waals surface area contributed by atoms with Gasteiger partial charge in [0.05, 0.1) is 28.0 Å². The third kappa shape index (κ3) is 4.37. The van der Waals surface area contributed by atoms with Gasteiger partial charge >= 0.3 is 0 Å². The Balaban J connectivity index is 1.78. The summed E-state index contributed by atoms with van der Waals surface area (Å²) in [6.07, 6.45) is 6.41. The van der Waals surface area contributed by atoms with Gasteiger partial charge in [0.2, 0.25) is 0 Å². The van der Waals surface area contributed by atoms with E-state index in [4.69, 9.17) is 22.1 Å². The summed E-state index contributed by atoms with van der Waals surface area (Å²) in [6.45, 7) is 1.89. The second-order valence-corrected chi connectivity index (χ2v) is 7.33. The Labute approximate surface area is 175 Å². The number of ether oxygens (including phenoxy) is 1.